The van der Waals surface area contributed by atoms with Gasteiger partial charge in [0.2, 0.25) is 15.9 Å². The summed E-state index contributed by atoms with van der Waals surface area (Å²) in [6.45, 7) is 0.332. The molecule has 1 amide bonds. The zero-order valence-electron chi connectivity index (χ0n) is 15.9. The lowest BCUT2D eigenvalue weighted by molar-refractivity contribution is -0.118. The Morgan fingerprint density at radius 1 is 1.07 bits per heavy atom. The third kappa shape index (κ3) is 4.31. The Morgan fingerprint density at radius 3 is 2.44 bits per heavy atom. The van der Waals surface area contributed by atoms with Crippen molar-refractivity contribution < 1.29 is 13.2 Å². The SMILES string of the molecule is CN(C)c1ccc(CCNS(=O)(=O)c2ccc3c(c2)CCC(=O)N3C)cc1. The van der Waals surface area contributed by atoms with Gasteiger partial charge in [-0.25, -0.2) is 13.1 Å². The second kappa shape index (κ2) is 7.70. The second-order valence-corrected chi connectivity index (χ2v) is 8.72. The molecule has 0 saturated carbocycles. The van der Waals surface area contributed by atoms with Crippen molar-refractivity contribution in [2.45, 2.75) is 24.2 Å². The van der Waals surface area contributed by atoms with E-state index in [9.17, 15) is 13.2 Å². The summed E-state index contributed by atoms with van der Waals surface area (Å²) in [5, 5.41) is 0. The summed E-state index contributed by atoms with van der Waals surface area (Å²) in [7, 11) is 2.10. The lowest BCUT2D eigenvalue weighted by Crippen LogP contribution is -2.31. The second-order valence-electron chi connectivity index (χ2n) is 6.95. The van der Waals surface area contributed by atoms with Crippen molar-refractivity contribution in [1.29, 1.82) is 0 Å². The molecule has 0 saturated heterocycles. The molecule has 2 aromatic rings. The molecule has 144 valence electrons. The molecule has 2 aromatic carbocycles. The predicted octanol–water partition coefficient (Wildman–Crippen LogP) is 2.18. The van der Waals surface area contributed by atoms with Crippen LogP contribution in [0, 0.1) is 0 Å². The van der Waals surface area contributed by atoms with Crippen molar-refractivity contribution in [2.24, 2.45) is 0 Å². The van der Waals surface area contributed by atoms with Crippen molar-refractivity contribution in [3.8, 4) is 0 Å². The number of anilines is 2. The number of sulfonamides is 1. The molecule has 6 nitrogen and oxygen atoms in total. The van der Waals surface area contributed by atoms with Crippen LogP contribution in [0.1, 0.15) is 17.5 Å². The van der Waals surface area contributed by atoms with E-state index in [2.05, 4.69) is 4.72 Å². The van der Waals surface area contributed by atoms with Crippen LogP contribution in [0.3, 0.4) is 0 Å². The van der Waals surface area contributed by atoms with Gasteiger partial charge in [-0.15, -0.1) is 0 Å². The minimum absolute atomic E-state index is 0.0523. The minimum atomic E-state index is -3.58. The van der Waals surface area contributed by atoms with Gasteiger partial charge in [0.05, 0.1) is 4.90 Å². The van der Waals surface area contributed by atoms with E-state index in [1.165, 1.54) is 0 Å². The van der Waals surface area contributed by atoms with Crippen molar-refractivity contribution in [2.75, 3.05) is 37.5 Å². The summed E-state index contributed by atoms with van der Waals surface area (Å²) in [6.07, 6.45) is 1.60. The van der Waals surface area contributed by atoms with Gasteiger partial charge < -0.3 is 9.80 Å². The molecule has 27 heavy (non-hydrogen) atoms. The summed E-state index contributed by atoms with van der Waals surface area (Å²) in [5.74, 6) is 0.0523. The van der Waals surface area contributed by atoms with Crippen molar-refractivity contribution in [3.05, 3.63) is 53.6 Å². The van der Waals surface area contributed by atoms with E-state index in [0.29, 0.717) is 25.8 Å². The lowest BCUT2D eigenvalue weighted by atomic mass is 10.0. The standard InChI is InChI=1S/C20H25N3O3S/c1-22(2)17-7-4-15(5-8-17)12-13-21-27(25,26)18-9-10-19-16(14-18)6-11-20(24)23(19)3/h4-5,7-10,14,21H,6,11-13H2,1-3H3. The highest BCUT2D eigenvalue weighted by atomic mass is 32.2. The molecule has 0 spiro atoms. The van der Waals surface area contributed by atoms with Gasteiger partial charge in [0, 0.05) is 45.5 Å². The van der Waals surface area contributed by atoms with Crippen molar-refractivity contribution >= 4 is 27.3 Å². The number of fused-ring (bicyclic) bond motifs is 1. The van der Waals surface area contributed by atoms with Gasteiger partial charge in [0.1, 0.15) is 0 Å². The van der Waals surface area contributed by atoms with E-state index in [4.69, 9.17) is 0 Å². The fourth-order valence-electron chi connectivity index (χ4n) is 3.17. The van der Waals surface area contributed by atoms with Crippen molar-refractivity contribution in [3.63, 3.8) is 0 Å². The molecule has 0 atom stereocenters. The third-order valence-corrected chi connectivity index (χ3v) is 6.32. The van der Waals surface area contributed by atoms with E-state index < -0.39 is 10.0 Å². The van der Waals surface area contributed by atoms with Crippen LogP contribution in [0.5, 0.6) is 0 Å². The molecule has 1 N–H and O–H groups in total. The van der Waals surface area contributed by atoms with Crippen LogP contribution in [0.25, 0.3) is 0 Å². The zero-order chi connectivity index (χ0) is 19.6. The maximum Gasteiger partial charge on any atom is 0.240 e. The van der Waals surface area contributed by atoms with Gasteiger partial charge in [-0.05, 0) is 54.3 Å². The first-order chi connectivity index (χ1) is 12.8. The molecule has 1 aliphatic heterocycles. The zero-order valence-corrected chi connectivity index (χ0v) is 16.7. The Labute approximate surface area is 160 Å². The molecule has 1 heterocycles. The molecule has 0 radical (unpaired) electrons. The molecule has 3 rings (SSSR count). The fourth-order valence-corrected chi connectivity index (χ4v) is 4.26. The smallest absolute Gasteiger partial charge is 0.240 e. The van der Waals surface area contributed by atoms with Crippen LogP contribution in [0.15, 0.2) is 47.4 Å². The lowest BCUT2D eigenvalue weighted by Gasteiger charge is -2.26. The molecule has 7 heteroatoms. The molecular formula is C20H25N3O3S. The van der Waals surface area contributed by atoms with Crippen molar-refractivity contribution in [1.82, 2.24) is 4.72 Å². The van der Waals surface area contributed by atoms with Crippen LogP contribution >= 0.6 is 0 Å². The molecule has 0 fully saturated rings. The van der Waals surface area contributed by atoms with Crippen LogP contribution in [0.4, 0.5) is 11.4 Å². The van der Waals surface area contributed by atoms with E-state index in [-0.39, 0.29) is 10.8 Å². The van der Waals surface area contributed by atoms with Gasteiger partial charge in [-0.3, -0.25) is 4.79 Å². The number of carbonyl (C=O) groups excluding carboxylic acids is 1. The topological polar surface area (TPSA) is 69.7 Å². The van der Waals surface area contributed by atoms with Crippen LogP contribution in [-0.4, -0.2) is 42.0 Å². The van der Waals surface area contributed by atoms with E-state index in [0.717, 1.165) is 22.5 Å². The third-order valence-electron chi connectivity index (χ3n) is 4.86. The van der Waals surface area contributed by atoms with Gasteiger partial charge in [-0.1, -0.05) is 12.1 Å². The Kier molecular flexibility index (Phi) is 5.53. The molecular weight excluding hydrogens is 362 g/mol. The average Bonchev–Trinajstić information content (AvgIpc) is 2.65. The van der Waals surface area contributed by atoms with E-state index >= 15 is 0 Å². The van der Waals surface area contributed by atoms with Gasteiger partial charge >= 0.3 is 0 Å². The van der Waals surface area contributed by atoms with E-state index in [1.54, 1.807) is 30.1 Å². The van der Waals surface area contributed by atoms with Crippen LogP contribution in [-0.2, 0) is 27.7 Å². The Hall–Kier alpha value is -2.38. The molecule has 0 aliphatic carbocycles. The average molecular weight is 388 g/mol. The Morgan fingerprint density at radius 2 is 1.78 bits per heavy atom. The highest BCUT2D eigenvalue weighted by Gasteiger charge is 2.23. The van der Waals surface area contributed by atoms with Gasteiger partial charge in [-0.2, -0.15) is 0 Å². The first-order valence-corrected chi connectivity index (χ1v) is 10.4. The number of carbonyl (C=O) groups is 1. The number of amides is 1. The maximum atomic E-state index is 12.6. The van der Waals surface area contributed by atoms with E-state index in [1.807, 2.05) is 43.3 Å². The number of rotatable bonds is 6. The summed E-state index contributed by atoms with van der Waals surface area (Å²) in [6, 6.07) is 13.0. The normalized spacial score (nSPS) is 14.2. The van der Waals surface area contributed by atoms with Gasteiger partial charge in [0.15, 0.2) is 0 Å². The summed E-state index contributed by atoms with van der Waals surface area (Å²) >= 11 is 0. The quantitative estimate of drug-likeness (QED) is 0.825. The first-order valence-electron chi connectivity index (χ1n) is 8.93. The number of benzene rings is 2. The molecule has 0 bridgehead atoms. The first kappa shape index (κ1) is 19.4. The number of nitrogens with one attached hydrogen (secondary N) is 1. The molecule has 0 aromatic heterocycles. The van der Waals surface area contributed by atoms with Crippen LogP contribution in [0.2, 0.25) is 0 Å². The Bertz CT molecular complexity index is 937. The van der Waals surface area contributed by atoms with Crippen LogP contribution < -0.4 is 14.5 Å². The fraction of sp³-hybridized carbons (Fsp3) is 0.350. The molecule has 1 aliphatic rings. The summed E-state index contributed by atoms with van der Waals surface area (Å²) < 4.78 is 27.9. The van der Waals surface area contributed by atoms with Gasteiger partial charge in [0.25, 0.3) is 0 Å². The monoisotopic (exact) mass is 387 g/mol. The maximum absolute atomic E-state index is 12.6. The predicted molar refractivity (Wildman–Crippen MR) is 108 cm³/mol. The minimum Gasteiger partial charge on any atom is -0.378 e. The Balaban J connectivity index is 1.66. The number of hydrogen-bond acceptors (Lipinski definition) is 4. The summed E-state index contributed by atoms with van der Waals surface area (Å²) in [4.78, 5) is 15.6. The molecule has 0 unspecified atom stereocenters. The highest BCUT2D eigenvalue weighted by molar-refractivity contribution is 7.89. The number of hydrogen-bond donors (Lipinski definition) is 1. The summed E-state index contributed by atoms with van der Waals surface area (Å²) in [5.41, 5.74) is 3.86. The number of aryl methyl sites for hydroxylation is 1. The number of nitrogens with zero attached hydrogens (tertiary/aromatic N) is 2. The highest BCUT2D eigenvalue weighted by Crippen LogP contribution is 2.28. The largest absolute Gasteiger partial charge is 0.378 e.